The maximum absolute atomic E-state index is 12.6. The largest absolute Gasteiger partial charge is 0.271 e. The highest BCUT2D eigenvalue weighted by molar-refractivity contribution is 5.95. The van der Waals surface area contributed by atoms with Crippen LogP contribution in [0.15, 0.2) is 90.2 Å². The van der Waals surface area contributed by atoms with Gasteiger partial charge in [0.05, 0.1) is 11.9 Å². The molecule has 5 nitrogen and oxygen atoms in total. The first-order chi connectivity index (χ1) is 15.8. The molecule has 33 heavy (non-hydrogen) atoms. The van der Waals surface area contributed by atoms with Crippen molar-refractivity contribution in [2.75, 3.05) is 0 Å². The van der Waals surface area contributed by atoms with Crippen LogP contribution < -0.4 is 5.43 Å². The molecule has 1 N–H and O–H groups in total. The van der Waals surface area contributed by atoms with Gasteiger partial charge in [-0.05, 0) is 48.2 Å². The van der Waals surface area contributed by atoms with Crippen LogP contribution in [0.25, 0.3) is 16.9 Å². The molecule has 4 rings (SSSR count). The highest BCUT2D eigenvalue weighted by Crippen LogP contribution is 2.24. The van der Waals surface area contributed by atoms with Gasteiger partial charge in [0, 0.05) is 22.9 Å². The van der Waals surface area contributed by atoms with E-state index in [1.165, 1.54) is 5.56 Å². The quantitative estimate of drug-likeness (QED) is 0.312. The van der Waals surface area contributed by atoms with Crippen molar-refractivity contribution in [1.82, 2.24) is 15.2 Å². The van der Waals surface area contributed by atoms with Gasteiger partial charge in [0.15, 0.2) is 0 Å². The molecule has 1 heterocycles. The van der Waals surface area contributed by atoms with E-state index in [1.54, 1.807) is 6.21 Å². The van der Waals surface area contributed by atoms with Gasteiger partial charge in [0.25, 0.3) is 5.91 Å². The Bertz CT molecular complexity index is 1280. The van der Waals surface area contributed by atoms with Crippen LogP contribution in [0.4, 0.5) is 0 Å². The third kappa shape index (κ3) is 5.26. The van der Waals surface area contributed by atoms with Gasteiger partial charge in [-0.1, -0.05) is 74.9 Å². The van der Waals surface area contributed by atoms with E-state index in [2.05, 4.69) is 50.4 Å². The fourth-order valence-electron chi connectivity index (χ4n) is 3.56. The SMILES string of the molecule is Cc1cccc(-c2nn(-c3ccccc3)cc2/C=N/NC(=O)c2ccc(C(C)(C)C)cc2)c1. The van der Waals surface area contributed by atoms with E-state index < -0.39 is 0 Å². The predicted octanol–water partition coefficient (Wildman–Crippen LogP) is 5.91. The fourth-order valence-corrected chi connectivity index (χ4v) is 3.56. The molecule has 1 amide bonds. The van der Waals surface area contributed by atoms with Crippen molar-refractivity contribution in [2.45, 2.75) is 33.1 Å². The first kappa shape index (κ1) is 22.2. The molecule has 166 valence electrons. The summed E-state index contributed by atoms with van der Waals surface area (Å²) in [4.78, 5) is 12.6. The summed E-state index contributed by atoms with van der Waals surface area (Å²) in [5.74, 6) is -0.251. The Hall–Kier alpha value is -3.99. The molecule has 0 aliphatic carbocycles. The summed E-state index contributed by atoms with van der Waals surface area (Å²) in [6.45, 7) is 8.49. The second kappa shape index (κ2) is 9.25. The molecule has 1 aromatic heterocycles. The van der Waals surface area contributed by atoms with Gasteiger partial charge in [-0.25, -0.2) is 10.1 Å². The molecule has 0 saturated carbocycles. The molecule has 4 aromatic rings. The van der Waals surface area contributed by atoms with Crippen molar-refractivity contribution in [3.8, 4) is 16.9 Å². The zero-order chi connectivity index (χ0) is 23.4. The number of nitrogens with zero attached hydrogens (tertiary/aromatic N) is 3. The number of aromatic nitrogens is 2. The minimum Gasteiger partial charge on any atom is -0.267 e. The highest BCUT2D eigenvalue weighted by atomic mass is 16.2. The third-order valence-corrected chi connectivity index (χ3v) is 5.44. The minimum absolute atomic E-state index is 0.0399. The van der Waals surface area contributed by atoms with E-state index in [1.807, 2.05) is 77.6 Å². The van der Waals surface area contributed by atoms with E-state index in [0.29, 0.717) is 5.56 Å². The number of carbonyl (C=O) groups is 1. The lowest BCUT2D eigenvalue weighted by Crippen LogP contribution is -2.18. The lowest BCUT2D eigenvalue weighted by atomic mass is 9.87. The predicted molar refractivity (Wildman–Crippen MR) is 134 cm³/mol. The van der Waals surface area contributed by atoms with Crippen LogP contribution in [0.3, 0.4) is 0 Å². The Balaban J connectivity index is 1.59. The second-order valence-electron chi connectivity index (χ2n) is 9.11. The third-order valence-electron chi connectivity index (χ3n) is 5.44. The number of hydrazone groups is 1. The summed E-state index contributed by atoms with van der Waals surface area (Å²) < 4.78 is 1.83. The topological polar surface area (TPSA) is 59.3 Å². The smallest absolute Gasteiger partial charge is 0.267 e. The first-order valence-electron chi connectivity index (χ1n) is 11.0. The molecule has 0 fully saturated rings. The zero-order valence-electron chi connectivity index (χ0n) is 19.4. The Labute approximate surface area is 194 Å². The van der Waals surface area contributed by atoms with E-state index in [-0.39, 0.29) is 11.3 Å². The Morgan fingerprint density at radius 1 is 0.970 bits per heavy atom. The van der Waals surface area contributed by atoms with Crippen molar-refractivity contribution in [3.05, 3.63) is 107 Å². The Morgan fingerprint density at radius 3 is 2.36 bits per heavy atom. The molecular formula is C28H28N4O. The maximum Gasteiger partial charge on any atom is 0.271 e. The van der Waals surface area contributed by atoms with Crippen LogP contribution in [-0.2, 0) is 5.41 Å². The summed E-state index contributed by atoms with van der Waals surface area (Å²) in [6.07, 6.45) is 3.56. The van der Waals surface area contributed by atoms with Gasteiger partial charge in [-0.15, -0.1) is 0 Å². The number of rotatable bonds is 5. The normalized spacial score (nSPS) is 11.6. The number of benzene rings is 3. The number of carbonyl (C=O) groups excluding carboxylic acids is 1. The van der Waals surface area contributed by atoms with Crippen LogP contribution in [0.1, 0.15) is 47.8 Å². The molecule has 0 bridgehead atoms. The second-order valence-corrected chi connectivity index (χ2v) is 9.11. The zero-order valence-corrected chi connectivity index (χ0v) is 19.4. The van der Waals surface area contributed by atoms with Crippen LogP contribution in [0.2, 0.25) is 0 Å². The van der Waals surface area contributed by atoms with Gasteiger partial charge in [-0.2, -0.15) is 10.2 Å². The molecule has 5 heteroatoms. The van der Waals surface area contributed by atoms with Gasteiger partial charge in [0.2, 0.25) is 0 Å². The van der Waals surface area contributed by atoms with Gasteiger partial charge >= 0.3 is 0 Å². The maximum atomic E-state index is 12.6. The first-order valence-corrected chi connectivity index (χ1v) is 11.0. The minimum atomic E-state index is -0.251. The molecule has 0 aliphatic rings. The Kier molecular flexibility index (Phi) is 6.22. The summed E-state index contributed by atoms with van der Waals surface area (Å²) in [6, 6.07) is 25.7. The molecule has 0 saturated heterocycles. The van der Waals surface area contributed by atoms with Crippen LogP contribution in [-0.4, -0.2) is 21.9 Å². The average molecular weight is 437 g/mol. The number of hydrogen-bond donors (Lipinski definition) is 1. The van der Waals surface area contributed by atoms with Crippen molar-refractivity contribution in [3.63, 3.8) is 0 Å². The fraction of sp³-hybridized carbons (Fsp3) is 0.179. The number of para-hydroxylation sites is 1. The van der Waals surface area contributed by atoms with Crippen molar-refractivity contribution < 1.29 is 4.79 Å². The number of amides is 1. The van der Waals surface area contributed by atoms with Crippen LogP contribution >= 0.6 is 0 Å². The molecular weight excluding hydrogens is 408 g/mol. The number of aryl methyl sites for hydroxylation is 1. The van der Waals surface area contributed by atoms with Crippen LogP contribution in [0.5, 0.6) is 0 Å². The lowest BCUT2D eigenvalue weighted by molar-refractivity contribution is 0.0955. The average Bonchev–Trinajstić information content (AvgIpc) is 3.23. The summed E-state index contributed by atoms with van der Waals surface area (Å²) in [5, 5.41) is 9.02. The van der Waals surface area contributed by atoms with Gasteiger partial charge < -0.3 is 0 Å². The summed E-state index contributed by atoms with van der Waals surface area (Å²) in [7, 11) is 0. The van der Waals surface area contributed by atoms with E-state index in [0.717, 1.165) is 28.1 Å². The Morgan fingerprint density at radius 2 is 1.70 bits per heavy atom. The van der Waals surface area contributed by atoms with Crippen molar-refractivity contribution >= 4 is 12.1 Å². The molecule has 0 aliphatic heterocycles. The van der Waals surface area contributed by atoms with Crippen molar-refractivity contribution in [2.24, 2.45) is 5.10 Å². The van der Waals surface area contributed by atoms with Gasteiger partial charge in [0.1, 0.15) is 5.69 Å². The molecule has 3 aromatic carbocycles. The highest BCUT2D eigenvalue weighted by Gasteiger charge is 2.15. The number of hydrogen-bond acceptors (Lipinski definition) is 3. The van der Waals surface area contributed by atoms with Crippen LogP contribution in [0, 0.1) is 6.92 Å². The van der Waals surface area contributed by atoms with E-state index in [9.17, 15) is 4.79 Å². The molecule has 0 radical (unpaired) electrons. The summed E-state index contributed by atoms with van der Waals surface area (Å²) in [5.41, 5.74) is 9.14. The number of nitrogens with one attached hydrogen (secondary N) is 1. The van der Waals surface area contributed by atoms with Crippen molar-refractivity contribution in [1.29, 1.82) is 0 Å². The molecule has 0 spiro atoms. The van der Waals surface area contributed by atoms with Gasteiger partial charge in [-0.3, -0.25) is 4.79 Å². The van der Waals surface area contributed by atoms with E-state index in [4.69, 9.17) is 5.10 Å². The summed E-state index contributed by atoms with van der Waals surface area (Å²) >= 11 is 0. The molecule has 0 atom stereocenters. The standard InChI is InChI=1S/C28H28N4O/c1-20-9-8-10-22(17-20)26-23(19-32(31-26)25-11-6-5-7-12-25)18-29-30-27(33)21-13-15-24(16-14-21)28(2,3)4/h5-19H,1-4H3,(H,30,33)/b29-18+. The molecule has 0 unspecified atom stereocenters. The van der Waals surface area contributed by atoms with E-state index >= 15 is 0 Å². The monoisotopic (exact) mass is 436 g/mol. The lowest BCUT2D eigenvalue weighted by Gasteiger charge is -2.18.